The van der Waals surface area contributed by atoms with Crippen molar-refractivity contribution in [3.05, 3.63) is 0 Å². The summed E-state index contributed by atoms with van der Waals surface area (Å²) in [6.07, 6.45) is 7.74. The second-order valence-electron chi connectivity index (χ2n) is 2.79. The van der Waals surface area contributed by atoms with Crippen molar-refractivity contribution in [3.63, 3.8) is 0 Å². The van der Waals surface area contributed by atoms with Crippen LogP contribution < -0.4 is 0 Å². The average Bonchev–Trinajstić information content (AvgIpc) is 2.15. The van der Waals surface area contributed by atoms with Crippen LogP contribution in [-0.2, 0) is 15.6 Å². The molecule has 0 N–H and O–H groups in total. The monoisotopic (exact) mass is 147 g/mol. The van der Waals surface area contributed by atoms with E-state index in [4.69, 9.17) is 4.74 Å². The predicted molar refractivity (Wildman–Crippen MR) is 43.1 cm³/mol. The van der Waals surface area contributed by atoms with Crippen LogP contribution in [0.4, 0.5) is 0 Å². The van der Waals surface area contributed by atoms with Crippen LogP contribution in [0.15, 0.2) is 0 Å². The highest BCUT2D eigenvalue weighted by molar-refractivity contribution is 7.95. The summed E-state index contributed by atoms with van der Waals surface area (Å²) in [7, 11) is 0.570. The van der Waals surface area contributed by atoms with Gasteiger partial charge in [0.2, 0.25) is 0 Å². The summed E-state index contributed by atoms with van der Waals surface area (Å²) < 4.78 is 5.47. The maximum absolute atomic E-state index is 5.47. The maximum atomic E-state index is 5.47. The minimum Gasteiger partial charge on any atom is -0.373 e. The van der Waals surface area contributed by atoms with Crippen LogP contribution in [0.3, 0.4) is 0 Å². The standard InChI is InChI=1S/C7H15OS/c1-9(2)6-7-4-3-5-8-7/h7H,3-6H2,1-2H3/q+1. The van der Waals surface area contributed by atoms with Crippen molar-refractivity contribution in [2.45, 2.75) is 18.9 Å². The van der Waals surface area contributed by atoms with Gasteiger partial charge in [-0.25, -0.2) is 0 Å². The summed E-state index contributed by atoms with van der Waals surface area (Å²) in [5.41, 5.74) is 0. The Hall–Kier alpha value is 0.310. The summed E-state index contributed by atoms with van der Waals surface area (Å²) in [6.45, 7) is 1.00. The molecular weight excluding hydrogens is 132 g/mol. The van der Waals surface area contributed by atoms with Gasteiger partial charge in [-0.2, -0.15) is 0 Å². The molecule has 0 bridgehead atoms. The molecule has 0 aromatic carbocycles. The van der Waals surface area contributed by atoms with Crippen LogP contribution in [0, 0.1) is 0 Å². The Morgan fingerprint density at radius 2 is 2.33 bits per heavy atom. The van der Waals surface area contributed by atoms with Crippen LogP contribution >= 0.6 is 0 Å². The molecule has 0 spiro atoms. The molecule has 1 aliphatic rings. The fraction of sp³-hybridized carbons (Fsp3) is 1.00. The van der Waals surface area contributed by atoms with Crippen LogP contribution in [0.1, 0.15) is 12.8 Å². The average molecular weight is 147 g/mol. The van der Waals surface area contributed by atoms with Crippen LogP contribution in [0.2, 0.25) is 0 Å². The van der Waals surface area contributed by atoms with Gasteiger partial charge in [-0.05, 0) is 23.7 Å². The van der Waals surface area contributed by atoms with Crippen molar-refractivity contribution >= 4 is 10.9 Å². The van der Waals surface area contributed by atoms with E-state index in [0.717, 1.165) is 6.61 Å². The highest BCUT2D eigenvalue weighted by atomic mass is 32.2. The third kappa shape index (κ3) is 2.59. The van der Waals surface area contributed by atoms with Gasteiger partial charge in [0.1, 0.15) is 11.9 Å². The molecular formula is C7H15OS+. The third-order valence-corrected chi connectivity index (χ3v) is 2.58. The van der Waals surface area contributed by atoms with E-state index in [0.29, 0.717) is 17.0 Å². The van der Waals surface area contributed by atoms with Gasteiger partial charge in [-0.15, -0.1) is 0 Å². The van der Waals surface area contributed by atoms with Crippen molar-refractivity contribution in [2.75, 3.05) is 24.9 Å². The molecule has 0 aromatic rings. The van der Waals surface area contributed by atoms with Crippen molar-refractivity contribution in [2.24, 2.45) is 0 Å². The van der Waals surface area contributed by atoms with Crippen molar-refractivity contribution < 1.29 is 4.74 Å². The Morgan fingerprint density at radius 3 is 2.78 bits per heavy atom. The lowest BCUT2D eigenvalue weighted by atomic mass is 10.3. The van der Waals surface area contributed by atoms with Gasteiger partial charge in [0.15, 0.2) is 0 Å². The summed E-state index contributed by atoms with van der Waals surface area (Å²) in [4.78, 5) is 0. The van der Waals surface area contributed by atoms with Gasteiger partial charge in [-0.3, -0.25) is 0 Å². The van der Waals surface area contributed by atoms with Gasteiger partial charge >= 0.3 is 0 Å². The minimum atomic E-state index is 0.570. The van der Waals surface area contributed by atoms with Crippen molar-refractivity contribution in [1.29, 1.82) is 0 Å². The summed E-state index contributed by atoms with van der Waals surface area (Å²) in [6, 6.07) is 0. The lowest BCUT2D eigenvalue weighted by molar-refractivity contribution is 0.128. The topological polar surface area (TPSA) is 9.23 Å². The predicted octanol–water partition coefficient (Wildman–Crippen LogP) is 1.04. The lowest BCUT2D eigenvalue weighted by Gasteiger charge is -2.04. The molecule has 0 amide bonds. The Kier molecular flexibility index (Phi) is 2.86. The number of ether oxygens (including phenoxy) is 1. The van der Waals surface area contributed by atoms with Crippen molar-refractivity contribution in [3.8, 4) is 0 Å². The second-order valence-corrected chi connectivity index (χ2v) is 5.09. The first-order chi connectivity index (χ1) is 4.29. The van der Waals surface area contributed by atoms with E-state index >= 15 is 0 Å². The quantitative estimate of drug-likeness (QED) is 0.530. The first-order valence-corrected chi connectivity index (χ1v) is 5.66. The number of hydrogen-bond acceptors (Lipinski definition) is 1. The molecule has 0 radical (unpaired) electrons. The molecule has 1 fully saturated rings. The minimum absolute atomic E-state index is 0.570. The molecule has 54 valence electrons. The first kappa shape index (κ1) is 7.42. The van der Waals surface area contributed by atoms with Gasteiger partial charge in [0, 0.05) is 6.61 Å². The van der Waals surface area contributed by atoms with Crippen LogP contribution in [0.5, 0.6) is 0 Å². The lowest BCUT2D eigenvalue weighted by Crippen LogP contribution is -2.17. The van der Waals surface area contributed by atoms with Crippen LogP contribution in [-0.4, -0.2) is 31.0 Å². The Labute approximate surface area is 60.1 Å². The zero-order valence-corrected chi connectivity index (χ0v) is 7.04. The normalized spacial score (nSPS) is 27.7. The molecule has 0 aromatic heterocycles. The molecule has 0 aliphatic carbocycles. The molecule has 9 heavy (non-hydrogen) atoms. The highest BCUT2D eigenvalue weighted by Gasteiger charge is 2.20. The van der Waals surface area contributed by atoms with E-state index in [9.17, 15) is 0 Å². The van der Waals surface area contributed by atoms with Gasteiger partial charge in [0.25, 0.3) is 0 Å². The number of rotatable bonds is 2. The molecule has 0 saturated carbocycles. The summed E-state index contributed by atoms with van der Waals surface area (Å²) in [5.74, 6) is 1.28. The molecule has 1 atom stereocenters. The number of hydrogen-bond donors (Lipinski definition) is 0. The van der Waals surface area contributed by atoms with Crippen molar-refractivity contribution in [1.82, 2.24) is 0 Å². The SMILES string of the molecule is C[S+](C)CC1CCCO1. The van der Waals surface area contributed by atoms with Gasteiger partial charge in [0.05, 0.1) is 12.5 Å². The van der Waals surface area contributed by atoms with E-state index in [1.54, 1.807) is 0 Å². The van der Waals surface area contributed by atoms with E-state index < -0.39 is 0 Å². The zero-order valence-electron chi connectivity index (χ0n) is 6.22. The zero-order chi connectivity index (χ0) is 6.69. The molecule has 2 heteroatoms. The molecule has 1 nitrogen and oxygen atoms in total. The van der Waals surface area contributed by atoms with Crippen LogP contribution in [0.25, 0.3) is 0 Å². The Balaban J connectivity index is 2.11. The fourth-order valence-corrected chi connectivity index (χ4v) is 2.15. The summed E-state index contributed by atoms with van der Waals surface area (Å²) in [5, 5.41) is 0. The molecule has 1 rings (SSSR count). The Morgan fingerprint density at radius 1 is 1.56 bits per heavy atom. The van der Waals surface area contributed by atoms with E-state index in [2.05, 4.69) is 12.5 Å². The molecule has 1 aliphatic heterocycles. The third-order valence-electron chi connectivity index (χ3n) is 1.54. The molecule has 1 heterocycles. The first-order valence-electron chi connectivity index (χ1n) is 3.45. The fourth-order valence-electron chi connectivity index (χ4n) is 1.15. The van der Waals surface area contributed by atoms with E-state index in [1.807, 2.05) is 0 Å². The molecule has 1 unspecified atom stereocenters. The van der Waals surface area contributed by atoms with Gasteiger partial charge in [-0.1, -0.05) is 0 Å². The second kappa shape index (κ2) is 3.47. The van der Waals surface area contributed by atoms with Gasteiger partial charge < -0.3 is 4.74 Å². The summed E-state index contributed by atoms with van der Waals surface area (Å²) >= 11 is 0. The largest absolute Gasteiger partial charge is 0.373 e. The van der Waals surface area contributed by atoms with E-state index in [-0.39, 0.29) is 0 Å². The smallest absolute Gasteiger partial charge is 0.133 e. The maximum Gasteiger partial charge on any atom is 0.133 e. The highest BCUT2D eigenvalue weighted by Crippen LogP contribution is 2.13. The Bertz CT molecular complexity index is 77.0. The van der Waals surface area contributed by atoms with E-state index in [1.165, 1.54) is 18.6 Å². The molecule has 1 saturated heterocycles.